The zero-order chi connectivity index (χ0) is 15.4. The molecule has 0 radical (unpaired) electrons. The maximum Gasteiger partial charge on any atom is 0.312 e. The minimum absolute atomic E-state index is 0.301. The third kappa shape index (κ3) is 3.92. The second-order valence-corrected chi connectivity index (χ2v) is 5.04. The van der Waals surface area contributed by atoms with Gasteiger partial charge in [-0.1, -0.05) is 23.7 Å². The fourth-order valence-corrected chi connectivity index (χ4v) is 2.28. The summed E-state index contributed by atoms with van der Waals surface area (Å²) in [4.78, 5) is 19.9. The minimum atomic E-state index is -0.949. The van der Waals surface area contributed by atoms with E-state index in [-0.39, 0.29) is 0 Å². The summed E-state index contributed by atoms with van der Waals surface area (Å²) in [5, 5.41) is 10.1. The number of hydrogen-bond donors (Lipinski definition) is 1. The van der Waals surface area contributed by atoms with Crippen LogP contribution in [0.5, 0.6) is 5.88 Å². The molecule has 1 unspecified atom stereocenters. The molecule has 0 fully saturated rings. The topological polar surface area (TPSA) is 72.3 Å². The van der Waals surface area contributed by atoms with Crippen molar-refractivity contribution < 1.29 is 14.6 Å². The highest BCUT2D eigenvalue weighted by atomic mass is 35.5. The van der Waals surface area contributed by atoms with Crippen LogP contribution < -0.4 is 4.74 Å². The lowest BCUT2D eigenvalue weighted by Gasteiger charge is -2.13. The molecule has 21 heavy (non-hydrogen) atoms. The van der Waals surface area contributed by atoms with E-state index in [1.54, 1.807) is 31.2 Å². The van der Waals surface area contributed by atoms with Crippen LogP contribution in [-0.2, 0) is 11.2 Å². The second kappa shape index (κ2) is 6.54. The number of carboxylic acid groups (broad SMARTS) is 1. The molecular formula is C15H15ClN2O3. The molecule has 0 bridgehead atoms. The van der Waals surface area contributed by atoms with E-state index in [0.717, 1.165) is 5.56 Å². The lowest BCUT2D eigenvalue weighted by Crippen LogP contribution is -2.17. The highest BCUT2D eigenvalue weighted by Crippen LogP contribution is 2.24. The van der Waals surface area contributed by atoms with Gasteiger partial charge in [0.1, 0.15) is 11.7 Å². The number of hydrogen-bond acceptors (Lipinski definition) is 4. The summed E-state index contributed by atoms with van der Waals surface area (Å²) in [5.41, 5.74) is 1.26. The maximum atomic E-state index is 11.6. The van der Waals surface area contributed by atoms with Crippen molar-refractivity contribution in [3.05, 3.63) is 52.4 Å². The van der Waals surface area contributed by atoms with E-state index in [1.807, 2.05) is 6.07 Å². The fourth-order valence-electron chi connectivity index (χ4n) is 2.06. The van der Waals surface area contributed by atoms with Crippen molar-refractivity contribution in [2.75, 3.05) is 7.11 Å². The van der Waals surface area contributed by atoms with E-state index < -0.39 is 11.9 Å². The number of ether oxygens (including phenoxy) is 1. The Bertz CT molecular complexity index is 661. The monoisotopic (exact) mass is 306 g/mol. The summed E-state index contributed by atoms with van der Waals surface area (Å²) in [5.74, 6) is -0.897. The first-order valence-electron chi connectivity index (χ1n) is 6.36. The quantitative estimate of drug-likeness (QED) is 0.919. The first-order valence-corrected chi connectivity index (χ1v) is 6.74. The number of aromatic nitrogens is 2. The molecule has 1 heterocycles. The van der Waals surface area contributed by atoms with Crippen molar-refractivity contribution in [1.82, 2.24) is 9.97 Å². The molecule has 0 spiro atoms. The Morgan fingerprint density at radius 1 is 1.38 bits per heavy atom. The van der Waals surface area contributed by atoms with Crippen LogP contribution in [0.1, 0.15) is 23.0 Å². The van der Waals surface area contributed by atoms with E-state index in [2.05, 4.69) is 9.97 Å². The number of benzene rings is 1. The second-order valence-electron chi connectivity index (χ2n) is 4.61. The van der Waals surface area contributed by atoms with Gasteiger partial charge in [0.15, 0.2) is 0 Å². The van der Waals surface area contributed by atoms with Crippen LogP contribution in [0.3, 0.4) is 0 Å². The van der Waals surface area contributed by atoms with E-state index in [0.29, 0.717) is 28.8 Å². The molecule has 5 nitrogen and oxygen atoms in total. The van der Waals surface area contributed by atoms with Crippen LogP contribution >= 0.6 is 11.6 Å². The SMILES string of the molecule is COc1cc(C(Cc2cccc(Cl)c2)C(=O)O)nc(C)n1. The van der Waals surface area contributed by atoms with Gasteiger partial charge in [-0.15, -0.1) is 0 Å². The molecule has 1 atom stereocenters. The van der Waals surface area contributed by atoms with E-state index in [1.165, 1.54) is 7.11 Å². The van der Waals surface area contributed by atoms with Crippen LogP contribution in [0.2, 0.25) is 5.02 Å². The Morgan fingerprint density at radius 2 is 2.14 bits per heavy atom. The molecule has 1 aromatic carbocycles. The smallest absolute Gasteiger partial charge is 0.312 e. The number of aliphatic carboxylic acids is 1. The van der Waals surface area contributed by atoms with Crippen LogP contribution in [0.15, 0.2) is 30.3 Å². The molecule has 0 aliphatic carbocycles. The lowest BCUT2D eigenvalue weighted by molar-refractivity contribution is -0.138. The largest absolute Gasteiger partial charge is 0.481 e. The van der Waals surface area contributed by atoms with Gasteiger partial charge in [0, 0.05) is 11.1 Å². The van der Waals surface area contributed by atoms with Crippen molar-refractivity contribution >= 4 is 17.6 Å². The Labute approximate surface area is 127 Å². The number of methoxy groups -OCH3 is 1. The standard InChI is InChI=1S/C15H15ClN2O3/c1-9-17-13(8-14(18-9)21-2)12(15(19)20)7-10-4-3-5-11(16)6-10/h3-6,8,12H,7H2,1-2H3,(H,19,20). The predicted octanol–water partition coefficient (Wildman–Crippen LogP) is 2.86. The Hall–Kier alpha value is -2.14. The molecule has 1 N–H and O–H groups in total. The average Bonchev–Trinajstić information content (AvgIpc) is 2.43. The van der Waals surface area contributed by atoms with Crippen molar-refractivity contribution in [2.45, 2.75) is 19.3 Å². The summed E-state index contributed by atoms with van der Waals surface area (Å²) in [7, 11) is 1.48. The first kappa shape index (κ1) is 15.3. The fraction of sp³-hybridized carbons (Fsp3) is 0.267. The number of aryl methyl sites for hydroxylation is 1. The lowest BCUT2D eigenvalue weighted by atomic mass is 9.96. The van der Waals surface area contributed by atoms with Gasteiger partial charge < -0.3 is 9.84 Å². The van der Waals surface area contributed by atoms with E-state index in [4.69, 9.17) is 16.3 Å². The molecule has 0 saturated heterocycles. The highest BCUT2D eigenvalue weighted by molar-refractivity contribution is 6.30. The number of rotatable bonds is 5. The van der Waals surface area contributed by atoms with Gasteiger partial charge in [-0.2, -0.15) is 4.98 Å². The van der Waals surface area contributed by atoms with Crippen LogP contribution in [0.25, 0.3) is 0 Å². The third-order valence-electron chi connectivity index (χ3n) is 3.03. The van der Waals surface area contributed by atoms with Gasteiger partial charge >= 0.3 is 5.97 Å². The summed E-state index contributed by atoms with van der Waals surface area (Å²) < 4.78 is 5.07. The first-order chi connectivity index (χ1) is 9.99. The molecule has 6 heteroatoms. The molecule has 2 aromatic rings. The Morgan fingerprint density at radius 3 is 2.76 bits per heavy atom. The van der Waals surface area contributed by atoms with Crippen molar-refractivity contribution in [3.8, 4) is 5.88 Å². The highest BCUT2D eigenvalue weighted by Gasteiger charge is 2.23. The van der Waals surface area contributed by atoms with E-state index in [9.17, 15) is 9.90 Å². The van der Waals surface area contributed by atoms with Gasteiger partial charge in [0.25, 0.3) is 0 Å². The zero-order valence-corrected chi connectivity index (χ0v) is 12.5. The van der Waals surface area contributed by atoms with Crippen LogP contribution in [-0.4, -0.2) is 28.2 Å². The zero-order valence-electron chi connectivity index (χ0n) is 11.7. The normalized spacial score (nSPS) is 12.0. The number of nitrogens with zero attached hydrogens (tertiary/aromatic N) is 2. The van der Waals surface area contributed by atoms with Gasteiger partial charge in [-0.25, -0.2) is 4.98 Å². The summed E-state index contributed by atoms with van der Waals surface area (Å²) in [6.07, 6.45) is 0.301. The summed E-state index contributed by atoms with van der Waals surface area (Å²) in [6.45, 7) is 1.70. The van der Waals surface area contributed by atoms with Crippen LogP contribution in [0, 0.1) is 6.92 Å². The van der Waals surface area contributed by atoms with Gasteiger partial charge in [-0.3, -0.25) is 4.79 Å². The van der Waals surface area contributed by atoms with Gasteiger partial charge in [0.05, 0.1) is 12.8 Å². The molecular weight excluding hydrogens is 292 g/mol. The molecule has 0 aliphatic rings. The molecule has 0 amide bonds. The number of carboxylic acids is 1. The molecule has 2 rings (SSSR count). The third-order valence-corrected chi connectivity index (χ3v) is 3.26. The van der Waals surface area contributed by atoms with E-state index >= 15 is 0 Å². The van der Waals surface area contributed by atoms with Crippen LogP contribution in [0.4, 0.5) is 0 Å². The Balaban J connectivity index is 2.35. The molecule has 0 saturated carbocycles. The summed E-state index contributed by atoms with van der Waals surface area (Å²) >= 11 is 5.93. The van der Waals surface area contributed by atoms with Gasteiger partial charge in [0.2, 0.25) is 5.88 Å². The van der Waals surface area contributed by atoms with Crippen molar-refractivity contribution in [2.24, 2.45) is 0 Å². The number of carbonyl (C=O) groups is 1. The summed E-state index contributed by atoms with van der Waals surface area (Å²) in [6, 6.07) is 8.69. The van der Waals surface area contributed by atoms with Crippen molar-refractivity contribution in [1.29, 1.82) is 0 Å². The molecule has 0 aliphatic heterocycles. The average molecular weight is 307 g/mol. The maximum absolute atomic E-state index is 11.6. The predicted molar refractivity (Wildman–Crippen MR) is 78.9 cm³/mol. The van der Waals surface area contributed by atoms with Gasteiger partial charge in [-0.05, 0) is 31.0 Å². The Kier molecular flexibility index (Phi) is 4.75. The minimum Gasteiger partial charge on any atom is -0.481 e. The molecule has 110 valence electrons. The molecule has 1 aromatic heterocycles. The number of halogens is 1. The van der Waals surface area contributed by atoms with Crippen molar-refractivity contribution in [3.63, 3.8) is 0 Å².